The zero-order chi connectivity index (χ0) is 19.4. The molecule has 3 aromatic carbocycles. The lowest BCUT2D eigenvalue weighted by molar-refractivity contribution is 0.0698. The molecule has 3 aromatic rings. The van der Waals surface area contributed by atoms with Gasteiger partial charge in [-0.3, -0.25) is 4.79 Å². The average molecular weight is 369 g/mol. The first-order chi connectivity index (χ1) is 12.9. The molecule has 5 nitrogen and oxygen atoms in total. The van der Waals surface area contributed by atoms with Crippen molar-refractivity contribution >= 4 is 17.6 Å². The van der Waals surface area contributed by atoms with E-state index in [9.17, 15) is 23.5 Å². The van der Waals surface area contributed by atoms with Gasteiger partial charge in [0.05, 0.1) is 11.3 Å². The molecule has 0 aliphatic heterocycles. The zero-order valence-electron chi connectivity index (χ0n) is 13.8. The fourth-order valence-corrected chi connectivity index (χ4v) is 2.33. The van der Waals surface area contributed by atoms with Crippen LogP contribution in [0.5, 0.6) is 11.5 Å². The first-order valence-electron chi connectivity index (χ1n) is 7.80. The molecule has 0 saturated carbocycles. The smallest absolute Gasteiger partial charge is 0.337 e. The Morgan fingerprint density at radius 3 is 2.26 bits per heavy atom. The van der Waals surface area contributed by atoms with Gasteiger partial charge in [0.15, 0.2) is 11.6 Å². The van der Waals surface area contributed by atoms with Crippen molar-refractivity contribution in [3.05, 3.63) is 89.5 Å². The van der Waals surface area contributed by atoms with Gasteiger partial charge in [-0.2, -0.15) is 0 Å². The van der Waals surface area contributed by atoms with E-state index in [4.69, 9.17) is 4.74 Å². The van der Waals surface area contributed by atoms with Crippen LogP contribution in [-0.4, -0.2) is 17.0 Å². The molecule has 136 valence electrons. The summed E-state index contributed by atoms with van der Waals surface area (Å²) in [5.41, 5.74) is -0.364. The number of amides is 1. The number of ether oxygens (including phenoxy) is 1. The molecule has 0 aromatic heterocycles. The minimum Gasteiger partial charge on any atom is -0.478 e. The number of aromatic carboxylic acids is 1. The van der Waals surface area contributed by atoms with Crippen LogP contribution >= 0.6 is 0 Å². The number of halogens is 2. The van der Waals surface area contributed by atoms with Gasteiger partial charge in [-0.1, -0.05) is 18.2 Å². The third kappa shape index (κ3) is 4.27. The lowest BCUT2D eigenvalue weighted by Gasteiger charge is -2.12. The van der Waals surface area contributed by atoms with E-state index < -0.39 is 23.5 Å². The molecule has 3 rings (SSSR count). The number of carboxylic acid groups (broad SMARTS) is 1. The van der Waals surface area contributed by atoms with E-state index in [2.05, 4.69) is 5.32 Å². The molecular weight excluding hydrogens is 356 g/mol. The Balaban J connectivity index is 1.89. The van der Waals surface area contributed by atoms with Crippen molar-refractivity contribution in [2.45, 2.75) is 0 Å². The Bertz CT molecular complexity index is 1010. The highest BCUT2D eigenvalue weighted by molar-refractivity contribution is 6.07. The molecule has 0 atom stereocenters. The minimum atomic E-state index is -1.26. The predicted octanol–water partition coefficient (Wildman–Crippen LogP) is 4.71. The number of anilines is 1. The molecule has 0 heterocycles. The third-order valence-corrected chi connectivity index (χ3v) is 3.63. The van der Waals surface area contributed by atoms with Crippen LogP contribution in [-0.2, 0) is 0 Å². The largest absolute Gasteiger partial charge is 0.478 e. The molecule has 2 N–H and O–H groups in total. The number of carbonyl (C=O) groups is 2. The molecule has 0 saturated heterocycles. The second-order valence-corrected chi connectivity index (χ2v) is 5.51. The molecule has 7 heteroatoms. The molecule has 0 fully saturated rings. The highest BCUT2D eigenvalue weighted by Gasteiger charge is 2.16. The molecule has 27 heavy (non-hydrogen) atoms. The van der Waals surface area contributed by atoms with Gasteiger partial charge in [-0.15, -0.1) is 0 Å². The van der Waals surface area contributed by atoms with Crippen molar-refractivity contribution in [3.8, 4) is 11.5 Å². The number of hydrogen-bond donors (Lipinski definition) is 2. The molecule has 0 unspecified atom stereocenters. The van der Waals surface area contributed by atoms with Crippen molar-refractivity contribution in [3.63, 3.8) is 0 Å². The number of hydrogen-bond acceptors (Lipinski definition) is 3. The summed E-state index contributed by atoms with van der Waals surface area (Å²) >= 11 is 0. The van der Waals surface area contributed by atoms with Gasteiger partial charge < -0.3 is 15.2 Å². The van der Waals surface area contributed by atoms with Gasteiger partial charge >= 0.3 is 5.97 Å². The standard InChI is InChI=1S/C20H13F2NO4/c21-16-9-6-12(10-17(16)22)19(24)23-18-11-14(7-8-15(18)20(25)26)27-13-4-2-1-3-5-13/h1-11H,(H,23,24)(H,25,26). The molecule has 1 amide bonds. The van der Waals surface area contributed by atoms with Gasteiger partial charge in [0.25, 0.3) is 5.91 Å². The summed E-state index contributed by atoms with van der Waals surface area (Å²) in [4.78, 5) is 23.7. The van der Waals surface area contributed by atoms with Crippen LogP contribution in [0.2, 0.25) is 0 Å². The van der Waals surface area contributed by atoms with Crippen molar-refractivity contribution in [2.24, 2.45) is 0 Å². The van der Waals surface area contributed by atoms with Crippen molar-refractivity contribution in [1.29, 1.82) is 0 Å². The number of nitrogens with one attached hydrogen (secondary N) is 1. The Labute approximate surface area is 152 Å². The van der Waals surface area contributed by atoms with Crippen LogP contribution in [0, 0.1) is 11.6 Å². The van der Waals surface area contributed by atoms with E-state index in [-0.39, 0.29) is 16.8 Å². The Hall–Kier alpha value is -3.74. The summed E-state index contributed by atoms with van der Waals surface area (Å²) < 4.78 is 32.0. The zero-order valence-corrected chi connectivity index (χ0v) is 13.8. The minimum absolute atomic E-state index is 0.0364. The fraction of sp³-hybridized carbons (Fsp3) is 0. The van der Waals surface area contributed by atoms with E-state index in [0.29, 0.717) is 11.5 Å². The molecular formula is C20H13F2NO4. The number of carboxylic acids is 1. The number of para-hydroxylation sites is 1. The maximum Gasteiger partial charge on any atom is 0.337 e. The second kappa shape index (κ2) is 7.65. The van der Waals surface area contributed by atoms with Crippen LogP contribution in [0.25, 0.3) is 0 Å². The normalized spacial score (nSPS) is 10.3. The predicted molar refractivity (Wildman–Crippen MR) is 94.2 cm³/mol. The Kier molecular flexibility index (Phi) is 5.12. The van der Waals surface area contributed by atoms with Gasteiger partial charge in [0.1, 0.15) is 11.5 Å². The van der Waals surface area contributed by atoms with Crippen molar-refractivity contribution < 1.29 is 28.2 Å². The maximum absolute atomic E-state index is 13.3. The van der Waals surface area contributed by atoms with Crippen molar-refractivity contribution in [2.75, 3.05) is 5.32 Å². The second-order valence-electron chi connectivity index (χ2n) is 5.51. The van der Waals surface area contributed by atoms with Gasteiger partial charge in [-0.05, 0) is 42.5 Å². The summed E-state index contributed by atoms with van der Waals surface area (Å²) in [5.74, 6) is -3.49. The van der Waals surface area contributed by atoms with E-state index in [1.807, 2.05) is 6.07 Å². The lowest BCUT2D eigenvalue weighted by Crippen LogP contribution is -2.15. The SMILES string of the molecule is O=C(Nc1cc(Oc2ccccc2)ccc1C(=O)O)c1ccc(F)c(F)c1. The number of carbonyl (C=O) groups excluding carboxylic acids is 1. The highest BCUT2D eigenvalue weighted by Crippen LogP contribution is 2.27. The third-order valence-electron chi connectivity index (χ3n) is 3.63. The van der Waals surface area contributed by atoms with Crippen LogP contribution in [0.1, 0.15) is 20.7 Å². The maximum atomic E-state index is 13.3. The van der Waals surface area contributed by atoms with Crippen LogP contribution in [0.3, 0.4) is 0 Å². The summed E-state index contributed by atoms with van der Waals surface area (Å²) in [6.45, 7) is 0. The molecule has 0 spiro atoms. The fourth-order valence-electron chi connectivity index (χ4n) is 2.33. The van der Waals surface area contributed by atoms with Crippen LogP contribution in [0.4, 0.5) is 14.5 Å². The van der Waals surface area contributed by atoms with E-state index >= 15 is 0 Å². The summed E-state index contributed by atoms with van der Waals surface area (Å²) in [6, 6.07) is 15.5. The van der Waals surface area contributed by atoms with E-state index in [0.717, 1.165) is 18.2 Å². The summed E-state index contributed by atoms with van der Waals surface area (Å²) in [6.07, 6.45) is 0. The quantitative estimate of drug-likeness (QED) is 0.683. The first-order valence-corrected chi connectivity index (χ1v) is 7.80. The topological polar surface area (TPSA) is 75.6 Å². The molecule has 0 bridgehead atoms. The highest BCUT2D eigenvalue weighted by atomic mass is 19.2. The monoisotopic (exact) mass is 369 g/mol. The summed E-state index contributed by atoms with van der Waals surface area (Å²) in [5, 5.41) is 11.7. The average Bonchev–Trinajstić information content (AvgIpc) is 2.64. The van der Waals surface area contributed by atoms with Gasteiger partial charge in [-0.25, -0.2) is 13.6 Å². The summed E-state index contributed by atoms with van der Waals surface area (Å²) in [7, 11) is 0. The number of benzene rings is 3. The van der Waals surface area contributed by atoms with Crippen molar-refractivity contribution in [1.82, 2.24) is 0 Å². The molecule has 0 radical (unpaired) electrons. The van der Waals surface area contributed by atoms with E-state index in [1.54, 1.807) is 24.3 Å². The van der Waals surface area contributed by atoms with Gasteiger partial charge in [0.2, 0.25) is 0 Å². The first kappa shape index (κ1) is 18.1. The Morgan fingerprint density at radius 2 is 1.59 bits per heavy atom. The number of rotatable bonds is 5. The molecule has 0 aliphatic rings. The van der Waals surface area contributed by atoms with Crippen LogP contribution < -0.4 is 10.1 Å². The molecule has 0 aliphatic carbocycles. The van der Waals surface area contributed by atoms with Crippen LogP contribution in [0.15, 0.2) is 66.7 Å². The van der Waals surface area contributed by atoms with E-state index in [1.165, 1.54) is 18.2 Å². The Morgan fingerprint density at radius 1 is 0.852 bits per heavy atom. The van der Waals surface area contributed by atoms with Gasteiger partial charge in [0, 0.05) is 11.6 Å². The lowest BCUT2D eigenvalue weighted by atomic mass is 10.1.